The lowest BCUT2D eigenvalue weighted by atomic mass is 10.2. The number of furan rings is 1. The van der Waals surface area contributed by atoms with E-state index in [1.54, 1.807) is 6.07 Å². The molecule has 0 fully saturated rings. The topological polar surface area (TPSA) is 68.3 Å². The molecule has 0 aliphatic rings. The van der Waals surface area contributed by atoms with Crippen molar-refractivity contribution < 1.29 is 13.7 Å². The molecule has 0 unspecified atom stereocenters. The molecule has 8 heteroatoms. The summed E-state index contributed by atoms with van der Waals surface area (Å²) in [5, 5.41) is 13.3. The zero-order valence-electron chi connectivity index (χ0n) is 9.32. The van der Waals surface area contributed by atoms with Gasteiger partial charge in [-0.1, -0.05) is 0 Å². The van der Waals surface area contributed by atoms with Gasteiger partial charge >= 0.3 is 0 Å². The number of nitrogens with one attached hydrogen (secondary N) is 1. The molecule has 19 heavy (non-hydrogen) atoms. The summed E-state index contributed by atoms with van der Waals surface area (Å²) in [6.07, 6.45) is 0. The van der Waals surface area contributed by atoms with Gasteiger partial charge in [0.15, 0.2) is 10.5 Å². The SMILES string of the molecule is O=[N+]([O-])c1ccc(NCc2cc(Br)c(Br)o2)c(F)c1. The summed E-state index contributed by atoms with van der Waals surface area (Å²) >= 11 is 6.46. The molecule has 0 aliphatic heterocycles. The van der Waals surface area contributed by atoms with Crippen molar-refractivity contribution in [1.82, 2.24) is 0 Å². The number of halogens is 3. The normalized spacial score (nSPS) is 10.5. The number of rotatable bonds is 4. The zero-order valence-corrected chi connectivity index (χ0v) is 12.5. The number of non-ortho nitro benzene ring substituents is 1. The van der Waals surface area contributed by atoms with Gasteiger partial charge in [0.1, 0.15) is 5.76 Å². The highest BCUT2D eigenvalue weighted by Crippen LogP contribution is 2.27. The maximum Gasteiger partial charge on any atom is 0.272 e. The Balaban J connectivity index is 2.09. The van der Waals surface area contributed by atoms with E-state index < -0.39 is 10.7 Å². The molecule has 0 atom stereocenters. The highest BCUT2D eigenvalue weighted by molar-refractivity contribution is 9.13. The lowest BCUT2D eigenvalue weighted by Gasteiger charge is -2.05. The second-order valence-electron chi connectivity index (χ2n) is 3.61. The van der Waals surface area contributed by atoms with Crippen molar-refractivity contribution in [3.8, 4) is 0 Å². The Labute approximate surface area is 124 Å². The van der Waals surface area contributed by atoms with Gasteiger partial charge in [-0.2, -0.15) is 0 Å². The lowest BCUT2D eigenvalue weighted by molar-refractivity contribution is -0.385. The number of hydrogen-bond acceptors (Lipinski definition) is 4. The molecule has 1 aromatic heterocycles. The third kappa shape index (κ3) is 3.32. The highest BCUT2D eigenvalue weighted by Gasteiger charge is 2.11. The number of hydrogen-bond donors (Lipinski definition) is 1. The summed E-state index contributed by atoms with van der Waals surface area (Å²) < 4.78 is 20.2. The van der Waals surface area contributed by atoms with Crippen molar-refractivity contribution in [1.29, 1.82) is 0 Å². The van der Waals surface area contributed by atoms with E-state index in [0.29, 0.717) is 10.4 Å². The molecule has 0 amide bonds. The Hall–Kier alpha value is -1.41. The van der Waals surface area contributed by atoms with E-state index in [9.17, 15) is 14.5 Å². The molecule has 2 aromatic rings. The smallest absolute Gasteiger partial charge is 0.272 e. The molecule has 0 saturated heterocycles. The van der Waals surface area contributed by atoms with Crippen LogP contribution in [0.4, 0.5) is 15.8 Å². The summed E-state index contributed by atoms with van der Waals surface area (Å²) in [6.45, 7) is 0.263. The third-order valence-corrected chi connectivity index (χ3v) is 4.02. The number of nitro groups is 1. The van der Waals surface area contributed by atoms with Crippen molar-refractivity contribution in [2.45, 2.75) is 6.54 Å². The number of nitro benzene ring substituents is 1. The van der Waals surface area contributed by atoms with Crippen LogP contribution in [0.2, 0.25) is 0 Å². The van der Waals surface area contributed by atoms with Crippen LogP contribution >= 0.6 is 31.9 Å². The Morgan fingerprint density at radius 1 is 1.37 bits per heavy atom. The largest absolute Gasteiger partial charge is 0.451 e. The summed E-state index contributed by atoms with van der Waals surface area (Å²) in [4.78, 5) is 9.83. The summed E-state index contributed by atoms with van der Waals surface area (Å²) in [6, 6.07) is 5.16. The molecule has 0 radical (unpaired) electrons. The van der Waals surface area contributed by atoms with Gasteiger partial charge in [-0.05, 0) is 44.0 Å². The van der Waals surface area contributed by atoms with Gasteiger partial charge < -0.3 is 9.73 Å². The second-order valence-corrected chi connectivity index (χ2v) is 5.18. The number of nitrogens with zero attached hydrogens (tertiary/aromatic N) is 1. The van der Waals surface area contributed by atoms with E-state index in [2.05, 4.69) is 37.2 Å². The van der Waals surface area contributed by atoms with Crippen LogP contribution in [0.3, 0.4) is 0 Å². The van der Waals surface area contributed by atoms with Gasteiger partial charge in [0.05, 0.1) is 27.7 Å². The fraction of sp³-hybridized carbons (Fsp3) is 0.0909. The molecule has 0 aliphatic carbocycles. The minimum Gasteiger partial charge on any atom is -0.451 e. The Bertz CT molecular complexity index is 611. The molecule has 2 rings (SSSR count). The monoisotopic (exact) mass is 392 g/mol. The predicted octanol–water partition coefficient (Wildman–Crippen LogP) is 4.46. The second kappa shape index (κ2) is 5.70. The van der Waals surface area contributed by atoms with Crippen LogP contribution in [0.15, 0.2) is 37.8 Å². The molecular weight excluding hydrogens is 387 g/mol. The van der Waals surface area contributed by atoms with E-state index in [1.165, 1.54) is 12.1 Å². The predicted molar refractivity (Wildman–Crippen MR) is 74.5 cm³/mol. The maximum atomic E-state index is 13.6. The van der Waals surface area contributed by atoms with Gasteiger partial charge in [0.25, 0.3) is 5.69 Å². The minimum absolute atomic E-state index is 0.175. The molecular formula is C11H7Br2FN2O3. The number of benzene rings is 1. The Kier molecular flexibility index (Phi) is 4.20. The molecule has 0 spiro atoms. The van der Waals surface area contributed by atoms with E-state index in [0.717, 1.165) is 10.5 Å². The number of anilines is 1. The van der Waals surface area contributed by atoms with Gasteiger partial charge in [0.2, 0.25) is 0 Å². The Morgan fingerprint density at radius 3 is 2.63 bits per heavy atom. The van der Waals surface area contributed by atoms with Crippen LogP contribution in [0.25, 0.3) is 0 Å². The first kappa shape index (κ1) is 14.0. The van der Waals surface area contributed by atoms with E-state index in [-0.39, 0.29) is 17.9 Å². The van der Waals surface area contributed by atoms with Crippen molar-refractivity contribution in [2.75, 3.05) is 5.32 Å². The van der Waals surface area contributed by atoms with Crippen molar-refractivity contribution in [2.24, 2.45) is 0 Å². The average molecular weight is 394 g/mol. The van der Waals surface area contributed by atoms with Gasteiger partial charge in [-0.25, -0.2) is 4.39 Å². The third-order valence-electron chi connectivity index (χ3n) is 2.31. The molecule has 0 bridgehead atoms. The summed E-state index contributed by atoms with van der Waals surface area (Å²) in [5.41, 5.74) is -0.110. The fourth-order valence-corrected chi connectivity index (χ4v) is 2.08. The van der Waals surface area contributed by atoms with Gasteiger partial charge in [-0.15, -0.1) is 0 Å². The quantitative estimate of drug-likeness (QED) is 0.614. The van der Waals surface area contributed by atoms with Crippen LogP contribution in [0.1, 0.15) is 5.76 Å². The minimum atomic E-state index is -0.682. The first-order chi connectivity index (χ1) is 8.97. The highest BCUT2D eigenvalue weighted by atomic mass is 79.9. The van der Waals surface area contributed by atoms with E-state index in [1.807, 2.05) is 0 Å². The molecule has 0 saturated carbocycles. The summed E-state index contributed by atoms with van der Waals surface area (Å²) in [7, 11) is 0. The van der Waals surface area contributed by atoms with Crippen LogP contribution in [-0.2, 0) is 6.54 Å². The van der Waals surface area contributed by atoms with Crippen molar-refractivity contribution in [3.63, 3.8) is 0 Å². The van der Waals surface area contributed by atoms with Crippen LogP contribution < -0.4 is 5.32 Å². The Morgan fingerprint density at radius 2 is 2.11 bits per heavy atom. The maximum absolute atomic E-state index is 13.6. The van der Waals surface area contributed by atoms with Gasteiger partial charge in [-0.3, -0.25) is 10.1 Å². The van der Waals surface area contributed by atoms with E-state index >= 15 is 0 Å². The standard InChI is InChI=1S/C11H7Br2FN2O3/c12-8-4-7(19-11(8)13)5-15-10-2-1-6(16(17)18)3-9(10)14/h1-4,15H,5H2. The van der Waals surface area contributed by atoms with E-state index in [4.69, 9.17) is 4.42 Å². The van der Waals surface area contributed by atoms with Crippen LogP contribution in [-0.4, -0.2) is 4.92 Å². The first-order valence-corrected chi connectivity index (χ1v) is 6.67. The van der Waals surface area contributed by atoms with Crippen LogP contribution in [0.5, 0.6) is 0 Å². The lowest BCUT2D eigenvalue weighted by Crippen LogP contribution is -2.01. The molecule has 1 aromatic carbocycles. The molecule has 100 valence electrons. The first-order valence-electron chi connectivity index (χ1n) is 5.09. The van der Waals surface area contributed by atoms with Gasteiger partial charge in [0, 0.05) is 6.07 Å². The fourth-order valence-electron chi connectivity index (χ4n) is 1.42. The average Bonchev–Trinajstić information content (AvgIpc) is 2.67. The summed E-state index contributed by atoms with van der Waals surface area (Å²) in [5.74, 6) is -0.0876. The molecule has 1 heterocycles. The molecule has 1 N–H and O–H groups in total. The zero-order chi connectivity index (χ0) is 14.0. The van der Waals surface area contributed by atoms with Crippen LogP contribution in [0, 0.1) is 15.9 Å². The van der Waals surface area contributed by atoms with Crippen molar-refractivity contribution in [3.05, 3.63) is 55.1 Å². The van der Waals surface area contributed by atoms with Crippen molar-refractivity contribution >= 4 is 43.2 Å². The molecule has 5 nitrogen and oxygen atoms in total.